The molecule has 0 unspecified atom stereocenters. The second kappa shape index (κ2) is 8.74. The molecule has 0 aromatic heterocycles. The first kappa shape index (κ1) is 16.8. The van der Waals surface area contributed by atoms with Crippen LogP contribution in [0.4, 0.5) is 0 Å². The van der Waals surface area contributed by atoms with Gasteiger partial charge in [-0.2, -0.15) is 0 Å². The number of hydrogen-bond donors (Lipinski definition) is 0. The van der Waals surface area contributed by atoms with Crippen molar-refractivity contribution in [2.45, 2.75) is 46.0 Å². The first-order valence-electron chi connectivity index (χ1n) is 8.91. The number of carbonyl (C=O) groups is 1. The Morgan fingerprint density at radius 3 is 2.43 bits per heavy atom. The van der Waals surface area contributed by atoms with Gasteiger partial charge in [0.1, 0.15) is 0 Å². The Morgan fingerprint density at radius 1 is 0.952 bits per heavy atom. The lowest BCUT2D eigenvalue weighted by Crippen LogP contribution is -2.41. The van der Waals surface area contributed by atoms with E-state index in [1.54, 1.807) is 0 Å². The van der Waals surface area contributed by atoms with Gasteiger partial charge in [0.15, 0.2) is 0 Å². The fourth-order valence-corrected chi connectivity index (χ4v) is 3.34. The zero-order valence-corrected chi connectivity index (χ0v) is 14.0. The van der Waals surface area contributed by atoms with Gasteiger partial charge in [-0.15, -0.1) is 0 Å². The van der Waals surface area contributed by atoms with E-state index in [9.17, 15) is 4.79 Å². The van der Waals surface area contributed by atoms with Crippen LogP contribution in [-0.4, -0.2) is 73.0 Å². The Bertz CT molecular complexity index is 315. The van der Waals surface area contributed by atoms with Crippen LogP contribution in [0.2, 0.25) is 0 Å². The Hall–Kier alpha value is -0.610. The summed E-state index contributed by atoms with van der Waals surface area (Å²) in [6, 6.07) is 0. The number of carbonyl (C=O) groups excluding carboxylic acids is 1. The number of nitrogens with zero attached hydrogens (tertiary/aromatic N) is 3. The largest absolute Gasteiger partial charge is 0.340 e. The summed E-state index contributed by atoms with van der Waals surface area (Å²) < 4.78 is 0. The third kappa shape index (κ3) is 5.59. The Balaban J connectivity index is 1.74. The fourth-order valence-electron chi connectivity index (χ4n) is 3.34. The predicted molar refractivity (Wildman–Crippen MR) is 87.4 cm³/mol. The maximum atomic E-state index is 12.3. The van der Waals surface area contributed by atoms with Crippen LogP contribution in [0.15, 0.2) is 0 Å². The fraction of sp³-hybridized carbons (Fsp3) is 0.941. The predicted octanol–water partition coefficient (Wildman–Crippen LogP) is 2.05. The summed E-state index contributed by atoms with van der Waals surface area (Å²) in [7, 11) is 0. The van der Waals surface area contributed by atoms with Crippen LogP contribution < -0.4 is 0 Å². The van der Waals surface area contributed by atoms with Crippen LogP contribution >= 0.6 is 0 Å². The van der Waals surface area contributed by atoms with Gasteiger partial charge >= 0.3 is 0 Å². The smallest absolute Gasteiger partial charge is 0.223 e. The number of likely N-dealkylation sites (tertiary alicyclic amines) is 1. The molecule has 0 bridgehead atoms. The van der Waals surface area contributed by atoms with Crippen molar-refractivity contribution >= 4 is 5.91 Å². The number of hydrogen-bond acceptors (Lipinski definition) is 3. The van der Waals surface area contributed by atoms with Crippen molar-refractivity contribution in [2.75, 3.05) is 52.4 Å². The van der Waals surface area contributed by atoms with E-state index in [0.29, 0.717) is 12.3 Å². The molecule has 2 aliphatic heterocycles. The second-order valence-electron chi connectivity index (χ2n) is 6.85. The molecule has 2 aliphatic rings. The van der Waals surface area contributed by atoms with E-state index in [4.69, 9.17) is 0 Å². The maximum Gasteiger partial charge on any atom is 0.223 e. The van der Waals surface area contributed by atoms with Gasteiger partial charge in [-0.25, -0.2) is 0 Å². The SMILES string of the molecule is CC[C@@H](C)CN1CCC(=O)N(CCN2CCCCC2)CC1. The molecule has 0 N–H and O–H groups in total. The van der Waals surface area contributed by atoms with Gasteiger partial charge in [0.25, 0.3) is 0 Å². The normalized spacial score (nSPS) is 24.1. The van der Waals surface area contributed by atoms with Crippen LogP contribution in [0.5, 0.6) is 0 Å². The number of piperidine rings is 1. The van der Waals surface area contributed by atoms with Gasteiger partial charge in [0.05, 0.1) is 0 Å². The summed E-state index contributed by atoms with van der Waals surface area (Å²) in [6.07, 6.45) is 5.97. The van der Waals surface area contributed by atoms with E-state index in [1.165, 1.54) is 38.8 Å². The van der Waals surface area contributed by atoms with Gasteiger partial charge in [0, 0.05) is 45.7 Å². The summed E-state index contributed by atoms with van der Waals surface area (Å²) >= 11 is 0. The molecule has 2 saturated heterocycles. The zero-order chi connectivity index (χ0) is 15.1. The van der Waals surface area contributed by atoms with Gasteiger partial charge in [-0.1, -0.05) is 26.7 Å². The molecule has 0 aromatic rings. The molecule has 4 heteroatoms. The first-order chi connectivity index (χ1) is 10.2. The van der Waals surface area contributed by atoms with Crippen LogP contribution in [0.3, 0.4) is 0 Å². The van der Waals surface area contributed by atoms with E-state index in [-0.39, 0.29) is 0 Å². The van der Waals surface area contributed by atoms with Crippen molar-refractivity contribution in [3.8, 4) is 0 Å². The zero-order valence-electron chi connectivity index (χ0n) is 14.0. The molecule has 0 saturated carbocycles. The minimum atomic E-state index is 0.360. The molecule has 1 atom stereocenters. The molecule has 2 rings (SSSR count). The summed E-state index contributed by atoms with van der Waals surface area (Å²) in [5.74, 6) is 1.10. The summed E-state index contributed by atoms with van der Waals surface area (Å²) in [4.78, 5) is 19.4. The molecule has 122 valence electrons. The van der Waals surface area contributed by atoms with Crippen molar-refractivity contribution in [1.29, 1.82) is 0 Å². The first-order valence-corrected chi connectivity index (χ1v) is 8.91. The van der Waals surface area contributed by atoms with Crippen molar-refractivity contribution in [1.82, 2.24) is 14.7 Å². The molecule has 0 radical (unpaired) electrons. The average molecular weight is 295 g/mol. The molecule has 21 heavy (non-hydrogen) atoms. The highest BCUT2D eigenvalue weighted by atomic mass is 16.2. The molecule has 2 fully saturated rings. The van der Waals surface area contributed by atoms with Crippen molar-refractivity contribution < 1.29 is 4.79 Å². The Morgan fingerprint density at radius 2 is 1.71 bits per heavy atom. The van der Waals surface area contributed by atoms with E-state index in [0.717, 1.165) is 45.2 Å². The lowest BCUT2D eigenvalue weighted by Gasteiger charge is -2.29. The van der Waals surface area contributed by atoms with Crippen molar-refractivity contribution in [2.24, 2.45) is 5.92 Å². The van der Waals surface area contributed by atoms with Gasteiger partial charge in [-0.3, -0.25) is 4.79 Å². The minimum absolute atomic E-state index is 0.360. The van der Waals surface area contributed by atoms with E-state index in [2.05, 4.69) is 28.5 Å². The summed E-state index contributed by atoms with van der Waals surface area (Å²) in [5, 5.41) is 0. The van der Waals surface area contributed by atoms with Crippen LogP contribution in [0.25, 0.3) is 0 Å². The number of amides is 1. The number of rotatable bonds is 6. The summed E-state index contributed by atoms with van der Waals surface area (Å²) in [6.45, 7) is 13.1. The minimum Gasteiger partial charge on any atom is -0.340 e. The lowest BCUT2D eigenvalue weighted by atomic mass is 10.1. The van der Waals surface area contributed by atoms with Gasteiger partial charge in [-0.05, 0) is 31.8 Å². The van der Waals surface area contributed by atoms with Crippen LogP contribution in [0.1, 0.15) is 46.0 Å². The maximum absolute atomic E-state index is 12.3. The summed E-state index contributed by atoms with van der Waals surface area (Å²) in [5.41, 5.74) is 0. The van der Waals surface area contributed by atoms with Crippen molar-refractivity contribution in [3.63, 3.8) is 0 Å². The van der Waals surface area contributed by atoms with Gasteiger partial charge < -0.3 is 14.7 Å². The Kier molecular flexibility index (Phi) is 6.97. The van der Waals surface area contributed by atoms with Crippen LogP contribution in [-0.2, 0) is 4.79 Å². The molecular weight excluding hydrogens is 262 g/mol. The third-order valence-electron chi connectivity index (χ3n) is 5.08. The quantitative estimate of drug-likeness (QED) is 0.750. The highest BCUT2D eigenvalue weighted by Gasteiger charge is 2.22. The molecule has 0 aromatic carbocycles. The molecule has 2 heterocycles. The van der Waals surface area contributed by atoms with Crippen molar-refractivity contribution in [3.05, 3.63) is 0 Å². The van der Waals surface area contributed by atoms with Crippen LogP contribution in [0, 0.1) is 5.92 Å². The second-order valence-corrected chi connectivity index (χ2v) is 6.85. The third-order valence-corrected chi connectivity index (χ3v) is 5.08. The molecule has 4 nitrogen and oxygen atoms in total. The van der Waals surface area contributed by atoms with Gasteiger partial charge in [0.2, 0.25) is 5.91 Å². The molecular formula is C17H33N3O. The van der Waals surface area contributed by atoms with E-state index < -0.39 is 0 Å². The Labute approximate surface area is 130 Å². The van der Waals surface area contributed by atoms with E-state index >= 15 is 0 Å². The lowest BCUT2D eigenvalue weighted by molar-refractivity contribution is -0.130. The molecule has 1 amide bonds. The van der Waals surface area contributed by atoms with E-state index in [1.807, 2.05) is 0 Å². The molecule has 0 aliphatic carbocycles. The molecule has 0 spiro atoms. The standard InChI is InChI=1S/C17H33N3O/c1-3-16(2)15-19-10-7-17(21)20(14-12-19)13-11-18-8-5-4-6-9-18/h16H,3-15H2,1-2H3/t16-/m1/s1. The average Bonchev–Trinajstić information content (AvgIpc) is 2.68. The highest BCUT2D eigenvalue weighted by molar-refractivity contribution is 5.76. The topological polar surface area (TPSA) is 26.8 Å². The highest BCUT2D eigenvalue weighted by Crippen LogP contribution is 2.11. The monoisotopic (exact) mass is 295 g/mol.